The number of benzene rings is 1. The average Bonchev–Trinajstić information content (AvgIpc) is 2.35. The first-order valence-electron chi connectivity index (χ1n) is 6.19. The molecule has 0 saturated carbocycles. The molecule has 2 N–H and O–H groups in total. The van der Waals surface area contributed by atoms with Gasteiger partial charge in [0.05, 0.1) is 25.9 Å². The Kier molecular flexibility index (Phi) is 6.86. The Labute approximate surface area is 104 Å². The number of nitrogens with two attached hydrogens (primary N) is 1. The molecule has 0 radical (unpaired) electrons. The van der Waals surface area contributed by atoms with E-state index in [0.717, 1.165) is 18.4 Å². The lowest BCUT2D eigenvalue weighted by molar-refractivity contribution is 0.0636. The van der Waals surface area contributed by atoms with Crippen LogP contribution in [0.2, 0.25) is 0 Å². The molecule has 96 valence electrons. The van der Waals surface area contributed by atoms with Crippen LogP contribution in [0.4, 0.5) is 0 Å². The van der Waals surface area contributed by atoms with Crippen molar-refractivity contribution in [2.24, 2.45) is 5.73 Å². The van der Waals surface area contributed by atoms with Crippen LogP contribution in [0, 0.1) is 0 Å². The van der Waals surface area contributed by atoms with E-state index in [2.05, 4.69) is 31.2 Å². The van der Waals surface area contributed by atoms with Gasteiger partial charge in [-0.15, -0.1) is 0 Å². The molecule has 0 bridgehead atoms. The highest BCUT2D eigenvalue weighted by molar-refractivity contribution is 5.26. The lowest BCUT2D eigenvalue weighted by Gasteiger charge is -2.13. The van der Waals surface area contributed by atoms with Crippen molar-refractivity contribution in [3.8, 4) is 0 Å². The first-order chi connectivity index (χ1) is 8.27. The summed E-state index contributed by atoms with van der Waals surface area (Å²) < 4.78 is 10.4. The zero-order valence-electron chi connectivity index (χ0n) is 10.8. The molecule has 0 amide bonds. The normalized spacial score (nSPS) is 12.6. The maximum atomic E-state index is 6.08. The van der Waals surface area contributed by atoms with Gasteiger partial charge in [-0.05, 0) is 17.5 Å². The van der Waals surface area contributed by atoms with E-state index >= 15 is 0 Å². The van der Waals surface area contributed by atoms with Crippen LogP contribution in [-0.2, 0) is 15.9 Å². The van der Waals surface area contributed by atoms with Crippen LogP contribution in [0.3, 0.4) is 0 Å². The second-order valence-corrected chi connectivity index (χ2v) is 4.17. The van der Waals surface area contributed by atoms with E-state index in [9.17, 15) is 0 Å². The minimum absolute atomic E-state index is 0.0522. The summed E-state index contributed by atoms with van der Waals surface area (Å²) in [6, 6.07) is 8.39. The average molecular weight is 237 g/mol. The van der Waals surface area contributed by atoms with Crippen LogP contribution in [0.15, 0.2) is 24.3 Å². The van der Waals surface area contributed by atoms with Gasteiger partial charge in [-0.1, -0.05) is 37.6 Å². The smallest absolute Gasteiger partial charge is 0.0701 e. The fourth-order valence-electron chi connectivity index (χ4n) is 1.72. The molecule has 0 aromatic heterocycles. The molecule has 1 atom stereocenters. The lowest BCUT2D eigenvalue weighted by Crippen LogP contribution is -2.18. The third-order valence-electron chi connectivity index (χ3n) is 2.65. The minimum Gasteiger partial charge on any atom is -0.382 e. The molecule has 17 heavy (non-hydrogen) atoms. The quantitative estimate of drug-likeness (QED) is 0.706. The molecule has 0 aliphatic carbocycles. The highest BCUT2D eigenvalue weighted by atomic mass is 16.5. The minimum atomic E-state index is -0.0522. The van der Waals surface area contributed by atoms with Crippen molar-refractivity contribution in [1.29, 1.82) is 0 Å². The zero-order valence-corrected chi connectivity index (χ0v) is 10.8. The topological polar surface area (TPSA) is 44.5 Å². The fraction of sp³-hybridized carbons (Fsp3) is 0.571. The van der Waals surface area contributed by atoms with Crippen LogP contribution < -0.4 is 5.73 Å². The van der Waals surface area contributed by atoms with Crippen LogP contribution in [-0.4, -0.2) is 26.9 Å². The van der Waals surface area contributed by atoms with E-state index in [-0.39, 0.29) is 6.04 Å². The maximum absolute atomic E-state index is 6.08. The van der Waals surface area contributed by atoms with Crippen LogP contribution in [0.5, 0.6) is 0 Å². The molecule has 3 nitrogen and oxygen atoms in total. The van der Waals surface area contributed by atoms with Crippen LogP contribution in [0.25, 0.3) is 0 Å². The molecule has 1 aromatic rings. The van der Waals surface area contributed by atoms with Gasteiger partial charge in [0.1, 0.15) is 0 Å². The van der Waals surface area contributed by atoms with E-state index in [1.165, 1.54) is 5.56 Å². The molecule has 0 saturated heterocycles. The molecule has 1 aromatic carbocycles. The number of hydrogen-bond acceptors (Lipinski definition) is 3. The Morgan fingerprint density at radius 3 is 2.82 bits per heavy atom. The van der Waals surface area contributed by atoms with Crippen LogP contribution >= 0.6 is 0 Å². The van der Waals surface area contributed by atoms with Crippen molar-refractivity contribution < 1.29 is 9.47 Å². The molecule has 0 spiro atoms. The largest absolute Gasteiger partial charge is 0.382 e. The van der Waals surface area contributed by atoms with E-state index in [4.69, 9.17) is 15.2 Å². The Morgan fingerprint density at radius 2 is 2.12 bits per heavy atom. The van der Waals surface area contributed by atoms with Crippen LogP contribution in [0.1, 0.15) is 30.5 Å². The Bertz CT molecular complexity index is 315. The van der Waals surface area contributed by atoms with Gasteiger partial charge in [0.2, 0.25) is 0 Å². The molecule has 1 rings (SSSR count). The summed E-state index contributed by atoms with van der Waals surface area (Å²) in [4.78, 5) is 0. The second-order valence-electron chi connectivity index (χ2n) is 4.17. The van der Waals surface area contributed by atoms with Crippen molar-refractivity contribution in [1.82, 2.24) is 0 Å². The SMILES string of the molecule is CCCc1cccc(C(N)COCCOC)c1. The standard InChI is InChI=1S/C14H23NO2/c1-3-5-12-6-4-7-13(10-12)14(15)11-17-9-8-16-2/h4,6-7,10,14H,3,5,8-9,11,15H2,1-2H3. The highest BCUT2D eigenvalue weighted by Gasteiger charge is 2.06. The van der Waals surface area contributed by atoms with Gasteiger partial charge in [0, 0.05) is 7.11 Å². The molecular formula is C14H23NO2. The number of aryl methyl sites for hydroxylation is 1. The van der Waals surface area contributed by atoms with Crippen molar-refractivity contribution in [2.75, 3.05) is 26.9 Å². The van der Waals surface area contributed by atoms with Crippen molar-refractivity contribution in [3.63, 3.8) is 0 Å². The molecule has 3 heteroatoms. The first-order valence-corrected chi connectivity index (χ1v) is 6.19. The number of hydrogen-bond donors (Lipinski definition) is 1. The third-order valence-corrected chi connectivity index (χ3v) is 2.65. The molecule has 0 fully saturated rings. The van der Waals surface area contributed by atoms with Crippen molar-refractivity contribution in [2.45, 2.75) is 25.8 Å². The summed E-state index contributed by atoms with van der Waals surface area (Å²) in [5.74, 6) is 0. The Morgan fingerprint density at radius 1 is 1.29 bits per heavy atom. The summed E-state index contributed by atoms with van der Waals surface area (Å²) in [5.41, 5.74) is 8.57. The monoisotopic (exact) mass is 237 g/mol. The molecule has 0 aliphatic heterocycles. The van der Waals surface area contributed by atoms with Crippen molar-refractivity contribution in [3.05, 3.63) is 35.4 Å². The summed E-state index contributed by atoms with van der Waals surface area (Å²) in [6.45, 7) is 3.93. The lowest BCUT2D eigenvalue weighted by atomic mass is 10.0. The second kappa shape index (κ2) is 8.23. The summed E-state index contributed by atoms with van der Waals surface area (Å²) in [7, 11) is 1.66. The maximum Gasteiger partial charge on any atom is 0.0701 e. The van der Waals surface area contributed by atoms with Gasteiger partial charge >= 0.3 is 0 Å². The van der Waals surface area contributed by atoms with Gasteiger partial charge < -0.3 is 15.2 Å². The fourth-order valence-corrected chi connectivity index (χ4v) is 1.72. The molecule has 0 heterocycles. The number of methoxy groups -OCH3 is 1. The highest BCUT2D eigenvalue weighted by Crippen LogP contribution is 2.14. The summed E-state index contributed by atoms with van der Waals surface area (Å²) >= 11 is 0. The molecular weight excluding hydrogens is 214 g/mol. The van der Waals surface area contributed by atoms with E-state index in [1.54, 1.807) is 7.11 Å². The third kappa shape index (κ3) is 5.31. The predicted molar refractivity (Wildman–Crippen MR) is 70.1 cm³/mol. The van der Waals surface area contributed by atoms with Gasteiger partial charge in [-0.2, -0.15) is 0 Å². The van der Waals surface area contributed by atoms with E-state index in [1.807, 2.05) is 0 Å². The zero-order chi connectivity index (χ0) is 12.5. The first kappa shape index (κ1) is 14.2. The Balaban J connectivity index is 2.44. The van der Waals surface area contributed by atoms with Gasteiger partial charge in [-0.25, -0.2) is 0 Å². The molecule has 0 aliphatic rings. The summed E-state index contributed by atoms with van der Waals surface area (Å²) in [6.07, 6.45) is 2.26. The van der Waals surface area contributed by atoms with Crippen molar-refractivity contribution >= 4 is 0 Å². The molecule has 1 unspecified atom stereocenters. The Hall–Kier alpha value is -0.900. The predicted octanol–water partition coefficient (Wildman–Crippen LogP) is 2.30. The summed E-state index contributed by atoms with van der Waals surface area (Å²) in [5, 5.41) is 0. The van der Waals surface area contributed by atoms with Gasteiger partial charge in [0.15, 0.2) is 0 Å². The van der Waals surface area contributed by atoms with E-state index in [0.29, 0.717) is 19.8 Å². The van der Waals surface area contributed by atoms with Gasteiger partial charge in [0.25, 0.3) is 0 Å². The number of ether oxygens (including phenoxy) is 2. The number of rotatable bonds is 8. The van der Waals surface area contributed by atoms with E-state index < -0.39 is 0 Å². The van der Waals surface area contributed by atoms with Gasteiger partial charge in [-0.3, -0.25) is 0 Å².